The van der Waals surface area contributed by atoms with Crippen LogP contribution in [0, 0.1) is 0 Å². The molecular formula is C31H37N3O7S. The highest BCUT2D eigenvalue weighted by Crippen LogP contribution is 2.36. The number of unbranched alkanes of at least 4 members (excludes halogenated alkanes) is 1. The Kier molecular flexibility index (Phi) is 10.3. The normalized spacial score (nSPS) is 12.8. The van der Waals surface area contributed by atoms with Gasteiger partial charge in [-0.15, -0.1) is 0 Å². The maximum Gasteiger partial charge on any atom is 0.244 e. The lowest BCUT2D eigenvalue weighted by molar-refractivity contribution is -0.140. The third-order valence-corrected chi connectivity index (χ3v) is 8.05. The molecule has 0 spiro atoms. The highest BCUT2D eigenvalue weighted by Gasteiger charge is 2.33. The number of carbonyl (C=O) groups is 2. The molecule has 1 aliphatic rings. The summed E-state index contributed by atoms with van der Waals surface area (Å²) in [6.45, 7) is 2.07. The van der Waals surface area contributed by atoms with E-state index < -0.39 is 28.5 Å². The number of carbonyl (C=O) groups excluding carboxylic acids is 2. The molecule has 1 atom stereocenters. The Balaban J connectivity index is 1.72. The lowest BCUT2D eigenvalue weighted by atomic mass is 10.0. The molecule has 224 valence electrons. The first-order chi connectivity index (χ1) is 20.2. The smallest absolute Gasteiger partial charge is 0.244 e. The molecule has 10 nitrogen and oxygen atoms in total. The third kappa shape index (κ3) is 7.94. The Morgan fingerprint density at radius 2 is 1.71 bits per heavy atom. The molecule has 0 aromatic heterocycles. The monoisotopic (exact) mass is 595 g/mol. The molecule has 1 N–H and O–H groups in total. The number of fused-ring (bicyclic) bond motifs is 1. The Hall–Kier alpha value is -4.25. The van der Waals surface area contributed by atoms with Gasteiger partial charge in [-0.25, -0.2) is 8.42 Å². The zero-order valence-corrected chi connectivity index (χ0v) is 24.9. The van der Waals surface area contributed by atoms with Crippen LogP contribution in [-0.4, -0.2) is 64.4 Å². The summed E-state index contributed by atoms with van der Waals surface area (Å²) in [4.78, 5) is 29.3. The summed E-state index contributed by atoms with van der Waals surface area (Å²) in [7, 11) is -2.35. The average molecular weight is 596 g/mol. The van der Waals surface area contributed by atoms with Gasteiger partial charge in [0.1, 0.15) is 18.3 Å². The van der Waals surface area contributed by atoms with E-state index in [2.05, 4.69) is 5.32 Å². The van der Waals surface area contributed by atoms with Gasteiger partial charge in [-0.2, -0.15) is 0 Å². The number of hydrogen-bond donors (Lipinski definition) is 1. The molecule has 1 aliphatic heterocycles. The molecule has 0 unspecified atom stereocenters. The van der Waals surface area contributed by atoms with E-state index in [0.29, 0.717) is 23.8 Å². The van der Waals surface area contributed by atoms with Crippen LogP contribution in [0.25, 0.3) is 0 Å². The molecule has 0 radical (unpaired) electrons. The molecule has 3 aromatic rings. The van der Waals surface area contributed by atoms with Crippen LogP contribution in [0.5, 0.6) is 17.2 Å². The van der Waals surface area contributed by atoms with Crippen molar-refractivity contribution in [2.24, 2.45) is 0 Å². The molecule has 4 rings (SSSR count). The van der Waals surface area contributed by atoms with Gasteiger partial charge in [0.05, 0.1) is 19.1 Å². The number of benzene rings is 3. The van der Waals surface area contributed by atoms with E-state index in [1.165, 1.54) is 11.0 Å². The predicted molar refractivity (Wildman–Crippen MR) is 160 cm³/mol. The first-order valence-electron chi connectivity index (χ1n) is 13.8. The van der Waals surface area contributed by atoms with E-state index >= 15 is 0 Å². The number of sulfonamides is 1. The van der Waals surface area contributed by atoms with Gasteiger partial charge in [-0.05, 0) is 41.8 Å². The quantitative estimate of drug-likeness (QED) is 0.283. The molecule has 0 saturated heterocycles. The summed E-state index contributed by atoms with van der Waals surface area (Å²) < 4.78 is 43.2. The first-order valence-corrected chi connectivity index (χ1v) is 15.7. The van der Waals surface area contributed by atoms with Crippen molar-refractivity contribution in [3.8, 4) is 17.2 Å². The van der Waals surface area contributed by atoms with Gasteiger partial charge in [-0.3, -0.25) is 13.9 Å². The average Bonchev–Trinajstić information content (AvgIpc) is 3.46. The van der Waals surface area contributed by atoms with Crippen molar-refractivity contribution in [2.45, 2.75) is 38.8 Å². The second-order valence-electron chi connectivity index (χ2n) is 10.0. The highest BCUT2D eigenvalue weighted by molar-refractivity contribution is 7.92. The summed E-state index contributed by atoms with van der Waals surface area (Å²) in [5, 5.41) is 2.97. The lowest BCUT2D eigenvalue weighted by Gasteiger charge is -2.33. The fraction of sp³-hybridized carbons (Fsp3) is 0.355. The molecule has 1 heterocycles. The number of methoxy groups -OCH3 is 1. The fourth-order valence-electron chi connectivity index (χ4n) is 4.68. The molecule has 0 bridgehead atoms. The molecular weight excluding hydrogens is 558 g/mol. The number of anilines is 1. The van der Waals surface area contributed by atoms with Gasteiger partial charge >= 0.3 is 0 Å². The molecule has 0 fully saturated rings. The van der Waals surface area contributed by atoms with Gasteiger partial charge in [-0.1, -0.05) is 55.8 Å². The van der Waals surface area contributed by atoms with Crippen molar-refractivity contribution in [2.75, 3.05) is 37.6 Å². The summed E-state index contributed by atoms with van der Waals surface area (Å²) >= 11 is 0. The Bertz CT molecular complexity index is 1480. The van der Waals surface area contributed by atoms with Crippen LogP contribution < -0.4 is 23.8 Å². The van der Waals surface area contributed by atoms with Gasteiger partial charge < -0.3 is 24.4 Å². The van der Waals surface area contributed by atoms with Crippen molar-refractivity contribution in [1.82, 2.24) is 10.2 Å². The van der Waals surface area contributed by atoms with Gasteiger partial charge in [0.15, 0.2) is 11.5 Å². The van der Waals surface area contributed by atoms with Crippen molar-refractivity contribution in [3.63, 3.8) is 0 Å². The van der Waals surface area contributed by atoms with Crippen molar-refractivity contribution in [3.05, 3.63) is 83.9 Å². The van der Waals surface area contributed by atoms with Gasteiger partial charge in [0.2, 0.25) is 28.6 Å². The van der Waals surface area contributed by atoms with Crippen LogP contribution in [0.3, 0.4) is 0 Å². The van der Waals surface area contributed by atoms with E-state index in [1.54, 1.807) is 37.4 Å². The molecule has 3 aromatic carbocycles. The maximum absolute atomic E-state index is 14.2. The van der Waals surface area contributed by atoms with E-state index in [-0.39, 0.29) is 31.4 Å². The molecule has 0 aliphatic carbocycles. The van der Waals surface area contributed by atoms with Gasteiger partial charge in [0, 0.05) is 25.6 Å². The predicted octanol–water partition coefficient (Wildman–Crippen LogP) is 3.75. The van der Waals surface area contributed by atoms with Crippen LogP contribution in [-0.2, 0) is 32.6 Å². The second-order valence-corrected chi connectivity index (χ2v) is 11.9. The number of nitrogens with one attached hydrogen (secondary N) is 1. The Morgan fingerprint density at radius 3 is 2.43 bits per heavy atom. The minimum absolute atomic E-state index is 0.0270. The lowest BCUT2D eigenvalue weighted by Crippen LogP contribution is -2.53. The maximum atomic E-state index is 14.2. The number of rotatable bonds is 14. The van der Waals surface area contributed by atoms with Crippen LogP contribution in [0.2, 0.25) is 0 Å². The number of ether oxygens (including phenoxy) is 3. The third-order valence-electron chi connectivity index (χ3n) is 6.91. The van der Waals surface area contributed by atoms with Crippen LogP contribution in [0.4, 0.5) is 5.69 Å². The largest absolute Gasteiger partial charge is 0.497 e. The summed E-state index contributed by atoms with van der Waals surface area (Å²) in [5.41, 5.74) is 1.85. The first kappa shape index (κ1) is 30.7. The van der Waals surface area contributed by atoms with E-state index in [9.17, 15) is 18.0 Å². The minimum Gasteiger partial charge on any atom is -0.497 e. The van der Waals surface area contributed by atoms with Crippen molar-refractivity contribution in [1.29, 1.82) is 0 Å². The molecule has 11 heteroatoms. The second kappa shape index (κ2) is 14.1. The SMILES string of the molecule is CCCCNC(=O)[C@H](Cc1ccccc1)N(Cc1cccc(OC)c1)C(=O)CN(c1ccc2c(c1)OCO2)S(C)(=O)=O. The van der Waals surface area contributed by atoms with Crippen LogP contribution in [0.15, 0.2) is 72.8 Å². The standard InChI is InChI=1S/C31H37N3O7S/c1-4-5-16-32-31(36)27(18-23-10-7-6-8-11-23)33(20-24-12-9-13-26(17-24)39-2)30(35)21-34(42(3,37)38)25-14-15-28-29(19-25)41-22-40-28/h6-15,17,19,27H,4-5,16,18,20-22H2,1-3H3,(H,32,36)/t27-/m0/s1. The zero-order chi connectivity index (χ0) is 30.1. The van der Waals surface area contributed by atoms with Crippen LogP contribution in [0.1, 0.15) is 30.9 Å². The fourth-order valence-corrected chi connectivity index (χ4v) is 5.52. The van der Waals surface area contributed by atoms with Crippen LogP contribution >= 0.6 is 0 Å². The van der Waals surface area contributed by atoms with E-state index in [4.69, 9.17) is 14.2 Å². The topological polar surface area (TPSA) is 114 Å². The van der Waals surface area contributed by atoms with E-state index in [1.807, 2.05) is 43.3 Å². The highest BCUT2D eigenvalue weighted by atomic mass is 32.2. The minimum atomic E-state index is -3.90. The van der Waals surface area contributed by atoms with E-state index in [0.717, 1.165) is 34.5 Å². The molecule has 2 amide bonds. The molecule has 0 saturated carbocycles. The van der Waals surface area contributed by atoms with Crippen molar-refractivity contribution < 1.29 is 32.2 Å². The summed E-state index contributed by atoms with van der Waals surface area (Å²) in [6.07, 6.45) is 2.97. The Labute approximate surface area is 247 Å². The number of amides is 2. The molecule has 42 heavy (non-hydrogen) atoms. The number of hydrogen-bond acceptors (Lipinski definition) is 7. The number of nitrogens with zero attached hydrogens (tertiary/aromatic N) is 2. The Morgan fingerprint density at radius 1 is 0.976 bits per heavy atom. The summed E-state index contributed by atoms with van der Waals surface area (Å²) in [5.74, 6) is 0.638. The van der Waals surface area contributed by atoms with Gasteiger partial charge in [0.25, 0.3) is 0 Å². The van der Waals surface area contributed by atoms with Crippen molar-refractivity contribution >= 4 is 27.5 Å². The zero-order valence-electron chi connectivity index (χ0n) is 24.1. The summed E-state index contributed by atoms with van der Waals surface area (Å²) in [6, 6.07) is 20.5.